The summed E-state index contributed by atoms with van der Waals surface area (Å²) in [6.07, 6.45) is 0.209. The molecule has 1 aliphatic heterocycles. The molecule has 0 spiro atoms. The standard InChI is InChI=1S/C12H15Cl2N3O4/c1-6(3-20-4-7-5-21-7)15-10-8(13)9(11(18)19-2)16-12(14)17-10/h6-7H,3-5H2,1-2H3,(H,15,16,17)/t6-,7?/m0/s1. The highest BCUT2D eigenvalue weighted by Crippen LogP contribution is 2.25. The van der Waals surface area contributed by atoms with Crippen LogP contribution in [0.2, 0.25) is 10.3 Å². The van der Waals surface area contributed by atoms with Gasteiger partial charge in [0, 0.05) is 6.04 Å². The van der Waals surface area contributed by atoms with Crippen molar-refractivity contribution in [1.82, 2.24) is 9.97 Å². The van der Waals surface area contributed by atoms with Crippen LogP contribution < -0.4 is 5.32 Å². The quantitative estimate of drug-likeness (QED) is 0.461. The number of anilines is 1. The molecule has 0 aromatic carbocycles. The van der Waals surface area contributed by atoms with E-state index >= 15 is 0 Å². The number of methoxy groups -OCH3 is 1. The fraction of sp³-hybridized carbons (Fsp3) is 0.583. The van der Waals surface area contributed by atoms with Gasteiger partial charge in [-0.3, -0.25) is 0 Å². The van der Waals surface area contributed by atoms with Crippen LogP contribution in [0.5, 0.6) is 0 Å². The Bertz CT molecular complexity index is 525. The Hall–Kier alpha value is -1.15. The van der Waals surface area contributed by atoms with Crippen LogP contribution in [-0.2, 0) is 14.2 Å². The van der Waals surface area contributed by atoms with Gasteiger partial charge in [-0.1, -0.05) is 11.6 Å². The topological polar surface area (TPSA) is 85.9 Å². The van der Waals surface area contributed by atoms with Crippen LogP contribution in [0.4, 0.5) is 5.82 Å². The van der Waals surface area contributed by atoms with Crippen molar-refractivity contribution in [2.45, 2.75) is 19.1 Å². The van der Waals surface area contributed by atoms with Crippen molar-refractivity contribution >= 4 is 35.0 Å². The number of hydrogen-bond donors (Lipinski definition) is 1. The first-order valence-electron chi connectivity index (χ1n) is 6.28. The second-order valence-electron chi connectivity index (χ2n) is 4.53. The zero-order chi connectivity index (χ0) is 15.4. The van der Waals surface area contributed by atoms with Crippen molar-refractivity contribution in [3.63, 3.8) is 0 Å². The fourth-order valence-electron chi connectivity index (χ4n) is 1.56. The predicted octanol–water partition coefficient (Wildman–Crippen LogP) is 1.79. The van der Waals surface area contributed by atoms with Gasteiger partial charge in [0.1, 0.15) is 11.1 Å². The molecule has 0 saturated carbocycles. The van der Waals surface area contributed by atoms with E-state index in [2.05, 4.69) is 20.0 Å². The van der Waals surface area contributed by atoms with Crippen molar-refractivity contribution in [2.24, 2.45) is 0 Å². The number of carbonyl (C=O) groups excluding carboxylic acids is 1. The Morgan fingerprint density at radius 1 is 1.52 bits per heavy atom. The highest BCUT2D eigenvalue weighted by molar-refractivity contribution is 6.36. The average Bonchev–Trinajstić information content (AvgIpc) is 3.25. The number of nitrogens with zero attached hydrogens (tertiary/aromatic N) is 2. The average molecular weight is 336 g/mol. The summed E-state index contributed by atoms with van der Waals surface area (Å²) in [6, 6.07) is -0.0855. The van der Waals surface area contributed by atoms with E-state index in [-0.39, 0.29) is 34.0 Å². The summed E-state index contributed by atoms with van der Waals surface area (Å²) in [6.45, 7) is 3.62. The molecule has 7 nitrogen and oxygen atoms in total. The number of hydrogen-bond acceptors (Lipinski definition) is 7. The molecule has 9 heteroatoms. The van der Waals surface area contributed by atoms with Crippen LogP contribution in [0.3, 0.4) is 0 Å². The lowest BCUT2D eigenvalue weighted by atomic mass is 10.3. The van der Waals surface area contributed by atoms with Gasteiger partial charge in [-0.05, 0) is 18.5 Å². The Kier molecular flexibility index (Phi) is 5.58. The molecule has 1 N–H and O–H groups in total. The number of esters is 1. The van der Waals surface area contributed by atoms with E-state index in [1.54, 1.807) is 0 Å². The van der Waals surface area contributed by atoms with E-state index in [9.17, 15) is 4.79 Å². The molecule has 2 heterocycles. The number of rotatable bonds is 7. The van der Waals surface area contributed by atoms with Crippen molar-refractivity contribution in [1.29, 1.82) is 0 Å². The summed E-state index contributed by atoms with van der Waals surface area (Å²) < 4.78 is 15.1. The van der Waals surface area contributed by atoms with Crippen molar-refractivity contribution in [3.8, 4) is 0 Å². The minimum absolute atomic E-state index is 0.0589. The number of aromatic nitrogens is 2. The van der Waals surface area contributed by atoms with Gasteiger partial charge < -0.3 is 19.5 Å². The van der Waals surface area contributed by atoms with E-state index in [1.165, 1.54) is 7.11 Å². The number of ether oxygens (including phenoxy) is 3. The zero-order valence-corrected chi connectivity index (χ0v) is 13.1. The lowest BCUT2D eigenvalue weighted by Crippen LogP contribution is -2.24. The number of nitrogens with one attached hydrogen (secondary N) is 1. The van der Waals surface area contributed by atoms with E-state index in [4.69, 9.17) is 32.7 Å². The minimum atomic E-state index is -0.679. The summed E-state index contributed by atoms with van der Waals surface area (Å²) in [4.78, 5) is 19.3. The maximum Gasteiger partial charge on any atom is 0.358 e. The highest BCUT2D eigenvalue weighted by atomic mass is 35.5. The van der Waals surface area contributed by atoms with Crippen LogP contribution in [0.25, 0.3) is 0 Å². The lowest BCUT2D eigenvalue weighted by molar-refractivity contribution is 0.0594. The summed E-state index contributed by atoms with van der Waals surface area (Å²) in [5.74, 6) is -0.419. The van der Waals surface area contributed by atoms with Crippen molar-refractivity contribution < 1.29 is 19.0 Å². The van der Waals surface area contributed by atoms with Gasteiger partial charge >= 0.3 is 5.97 Å². The molecule has 1 aromatic heterocycles. The third-order valence-electron chi connectivity index (χ3n) is 2.66. The number of halogens is 2. The maximum absolute atomic E-state index is 11.6. The Labute approximate surface area is 131 Å². The van der Waals surface area contributed by atoms with E-state index in [0.717, 1.165) is 6.61 Å². The van der Waals surface area contributed by atoms with Crippen molar-refractivity contribution in [3.05, 3.63) is 16.0 Å². The van der Waals surface area contributed by atoms with Gasteiger partial charge in [0.25, 0.3) is 0 Å². The molecule has 1 fully saturated rings. The molecular weight excluding hydrogens is 321 g/mol. The van der Waals surface area contributed by atoms with Crippen LogP contribution in [0, 0.1) is 0 Å². The van der Waals surface area contributed by atoms with Crippen LogP contribution in [0.15, 0.2) is 0 Å². The molecule has 21 heavy (non-hydrogen) atoms. The van der Waals surface area contributed by atoms with Gasteiger partial charge in [0.15, 0.2) is 11.5 Å². The molecule has 0 aliphatic carbocycles. The zero-order valence-electron chi connectivity index (χ0n) is 11.6. The van der Waals surface area contributed by atoms with Gasteiger partial charge in [-0.25, -0.2) is 9.78 Å². The fourth-order valence-corrected chi connectivity index (χ4v) is 1.95. The maximum atomic E-state index is 11.6. The SMILES string of the molecule is COC(=O)c1nc(Cl)nc(N[C@@H](C)COCC2CO2)c1Cl. The first kappa shape index (κ1) is 16.2. The third kappa shape index (κ3) is 4.67. The molecule has 0 radical (unpaired) electrons. The molecule has 0 amide bonds. The smallest absolute Gasteiger partial charge is 0.358 e. The molecule has 0 bridgehead atoms. The first-order chi connectivity index (χ1) is 10.0. The Morgan fingerprint density at radius 3 is 2.86 bits per heavy atom. The van der Waals surface area contributed by atoms with Crippen molar-refractivity contribution in [2.75, 3.05) is 32.2 Å². The third-order valence-corrected chi connectivity index (χ3v) is 3.19. The molecular formula is C12H15Cl2N3O4. The number of epoxide rings is 1. The summed E-state index contributed by atoms with van der Waals surface area (Å²) in [5.41, 5.74) is -0.0823. The summed E-state index contributed by atoms with van der Waals surface area (Å²) >= 11 is 11.9. The second-order valence-corrected chi connectivity index (χ2v) is 5.25. The highest BCUT2D eigenvalue weighted by Gasteiger charge is 2.23. The predicted molar refractivity (Wildman–Crippen MR) is 77.0 cm³/mol. The van der Waals surface area contributed by atoms with Crippen LogP contribution >= 0.6 is 23.2 Å². The molecule has 2 rings (SSSR count). The van der Waals surface area contributed by atoms with E-state index < -0.39 is 5.97 Å². The second kappa shape index (κ2) is 7.22. The van der Waals surface area contributed by atoms with Crippen LogP contribution in [0.1, 0.15) is 17.4 Å². The van der Waals surface area contributed by atoms with Gasteiger partial charge in [0.2, 0.25) is 5.28 Å². The Balaban J connectivity index is 2.00. The molecule has 1 unspecified atom stereocenters. The Morgan fingerprint density at radius 2 is 2.24 bits per heavy atom. The molecule has 116 valence electrons. The summed E-state index contributed by atoms with van der Waals surface area (Å²) in [7, 11) is 1.23. The largest absolute Gasteiger partial charge is 0.464 e. The van der Waals surface area contributed by atoms with Gasteiger partial charge in [-0.2, -0.15) is 4.98 Å². The van der Waals surface area contributed by atoms with E-state index in [1.807, 2.05) is 6.92 Å². The molecule has 1 aliphatic rings. The minimum Gasteiger partial charge on any atom is -0.464 e. The summed E-state index contributed by atoms with van der Waals surface area (Å²) in [5, 5.41) is 2.99. The molecule has 2 atom stereocenters. The van der Waals surface area contributed by atoms with Gasteiger partial charge in [-0.15, -0.1) is 0 Å². The lowest BCUT2D eigenvalue weighted by Gasteiger charge is -2.16. The van der Waals surface area contributed by atoms with Gasteiger partial charge in [0.05, 0.1) is 26.9 Å². The monoisotopic (exact) mass is 335 g/mol. The van der Waals surface area contributed by atoms with E-state index in [0.29, 0.717) is 13.2 Å². The molecule has 1 saturated heterocycles. The van der Waals surface area contributed by atoms with Crippen LogP contribution in [-0.4, -0.2) is 55.0 Å². The normalized spacial score (nSPS) is 18.2. The number of carbonyl (C=O) groups is 1. The molecule has 1 aromatic rings. The first-order valence-corrected chi connectivity index (χ1v) is 7.04.